The smallest absolute Gasteiger partial charge is 0.258 e. The van der Waals surface area contributed by atoms with E-state index >= 15 is 0 Å². The predicted molar refractivity (Wildman–Crippen MR) is 121 cm³/mol. The maximum Gasteiger partial charge on any atom is 0.258 e. The average molecular weight is 479 g/mol. The summed E-state index contributed by atoms with van der Waals surface area (Å²) in [5.41, 5.74) is 8.08. The third kappa shape index (κ3) is 4.21. The number of sulfonamides is 1. The van der Waals surface area contributed by atoms with Crippen LogP contribution in [-0.2, 0) is 19.5 Å². The molecule has 4 heterocycles. The van der Waals surface area contributed by atoms with Crippen molar-refractivity contribution < 1.29 is 22.7 Å². The van der Waals surface area contributed by atoms with Crippen LogP contribution in [0.5, 0.6) is 0 Å². The zero-order valence-electron chi connectivity index (χ0n) is 17.9. The predicted octanol–water partition coefficient (Wildman–Crippen LogP) is 1.95. The number of likely N-dealkylation sites (N-methyl/N-ethyl adjacent to an activating group) is 1. The number of thiophene rings is 1. The van der Waals surface area contributed by atoms with Gasteiger partial charge in [0.15, 0.2) is 6.23 Å². The highest BCUT2D eigenvalue weighted by atomic mass is 32.2. The number of fused-ring (bicyclic) bond motifs is 3. The van der Waals surface area contributed by atoms with E-state index in [-0.39, 0.29) is 18.1 Å². The summed E-state index contributed by atoms with van der Waals surface area (Å²) < 4.78 is 39.0. The third-order valence-corrected chi connectivity index (χ3v) is 8.63. The van der Waals surface area contributed by atoms with Gasteiger partial charge >= 0.3 is 0 Å². The number of hydrogen-bond donors (Lipinski definition) is 2. The van der Waals surface area contributed by atoms with Gasteiger partial charge in [-0.25, -0.2) is 18.1 Å². The Kier molecular flexibility index (Phi) is 5.39. The summed E-state index contributed by atoms with van der Waals surface area (Å²) in [6.45, 7) is 2.18. The molecule has 3 unspecified atom stereocenters. The van der Waals surface area contributed by atoms with Crippen LogP contribution in [0, 0.1) is 5.92 Å². The molecule has 1 aromatic heterocycles. The zero-order chi connectivity index (χ0) is 22.6. The largest absolute Gasteiger partial charge is 0.477 e. The van der Waals surface area contributed by atoms with Gasteiger partial charge in [-0.2, -0.15) is 0 Å². The molecule has 1 aliphatic carbocycles. The number of primary amides is 1. The van der Waals surface area contributed by atoms with Crippen LogP contribution in [0.2, 0.25) is 0 Å². The van der Waals surface area contributed by atoms with Gasteiger partial charge < -0.3 is 20.1 Å². The minimum absolute atomic E-state index is 0.00971. The topological polar surface area (TPSA) is 127 Å². The summed E-state index contributed by atoms with van der Waals surface area (Å²) in [4.78, 5) is 19.8. The Morgan fingerprint density at radius 1 is 1.44 bits per heavy atom. The van der Waals surface area contributed by atoms with Gasteiger partial charge in [0.05, 0.1) is 23.3 Å². The molecule has 1 saturated heterocycles. The normalized spacial score (nSPS) is 26.9. The lowest BCUT2D eigenvalue weighted by atomic mass is 9.92. The maximum absolute atomic E-state index is 12.2. The Bertz CT molecular complexity index is 1150. The van der Waals surface area contributed by atoms with Crippen molar-refractivity contribution in [2.24, 2.45) is 16.6 Å². The van der Waals surface area contributed by atoms with Gasteiger partial charge in [-0.1, -0.05) is 0 Å². The number of hydrogen-bond acceptors (Lipinski definition) is 8. The van der Waals surface area contributed by atoms with Crippen molar-refractivity contribution >= 4 is 39.1 Å². The Hall–Kier alpha value is -2.21. The van der Waals surface area contributed by atoms with Crippen molar-refractivity contribution in [3.8, 4) is 0 Å². The van der Waals surface area contributed by atoms with Crippen molar-refractivity contribution in [2.45, 2.75) is 44.6 Å². The maximum atomic E-state index is 12.2. The molecule has 3 atom stereocenters. The number of carbonyl (C=O) groups excluding carboxylic acids is 1. The van der Waals surface area contributed by atoms with Gasteiger partial charge in [0.1, 0.15) is 6.10 Å². The fraction of sp³-hybridized carbons (Fsp3) is 0.524. The summed E-state index contributed by atoms with van der Waals surface area (Å²) >= 11 is 1.34. The van der Waals surface area contributed by atoms with Crippen LogP contribution >= 0.6 is 11.3 Å². The molecule has 0 bridgehead atoms. The SMILES string of the molecule is CCS(=O)(=O)NC1C=NC(OCC2CC2)=C(C2=CN(C)C3OC3c3sc(C(N)=O)cc32)C1. The lowest BCUT2D eigenvalue weighted by molar-refractivity contribution is 0.100. The number of nitrogens with zero attached hydrogens (tertiary/aromatic N) is 2. The van der Waals surface area contributed by atoms with E-state index < -0.39 is 22.0 Å². The lowest BCUT2D eigenvalue weighted by Gasteiger charge is -2.25. The highest BCUT2D eigenvalue weighted by Gasteiger charge is 2.48. The third-order valence-electron chi connectivity index (χ3n) is 6.00. The van der Waals surface area contributed by atoms with Crippen molar-refractivity contribution in [1.82, 2.24) is 9.62 Å². The van der Waals surface area contributed by atoms with Gasteiger partial charge in [0.25, 0.3) is 5.91 Å². The fourth-order valence-corrected chi connectivity index (χ4v) is 5.81. The highest BCUT2D eigenvalue weighted by Crippen LogP contribution is 2.51. The number of nitrogens with two attached hydrogens (primary N) is 1. The number of carbonyl (C=O) groups is 1. The van der Waals surface area contributed by atoms with E-state index in [1.807, 2.05) is 18.1 Å². The van der Waals surface area contributed by atoms with Gasteiger partial charge in [-0.05, 0) is 38.2 Å². The number of ether oxygens (including phenoxy) is 2. The summed E-state index contributed by atoms with van der Waals surface area (Å²) in [6, 6.07) is 1.31. The second-order valence-corrected chi connectivity index (χ2v) is 11.7. The van der Waals surface area contributed by atoms with E-state index in [0.29, 0.717) is 29.7 Å². The first kappa shape index (κ1) is 21.6. The van der Waals surface area contributed by atoms with E-state index in [4.69, 9.17) is 15.2 Å². The van der Waals surface area contributed by atoms with Crippen LogP contribution in [-0.4, -0.2) is 57.1 Å². The number of rotatable bonds is 8. The van der Waals surface area contributed by atoms with Crippen LogP contribution in [0.4, 0.5) is 0 Å². The summed E-state index contributed by atoms with van der Waals surface area (Å²) in [6.07, 6.45) is 6.02. The second-order valence-electron chi connectivity index (χ2n) is 8.56. The van der Waals surface area contributed by atoms with Crippen molar-refractivity contribution in [1.29, 1.82) is 0 Å². The average Bonchev–Trinajstić information content (AvgIpc) is 3.68. The van der Waals surface area contributed by atoms with Crippen molar-refractivity contribution in [2.75, 3.05) is 19.4 Å². The van der Waals surface area contributed by atoms with Crippen LogP contribution in [0.15, 0.2) is 28.7 Å². The monoisotopic (exact) mass is 478 g/mol. The summed E-state index contributed by atoms with van der Waals surface area (Å²) in [7, 11) is -1.47. The van der Waals surface area contributed by atoms with Gasteiger partial charge in [0, 0.05) is 41.0 Å². The molecule has 3 aliphatic heterocycles. The van der Waals surface area contributed by atoms with Crippen LogP contribution < -0.4 is 10.5 Å². The van der Waals surface area contributed by atoms with E-state index in [1.165, 1.54) is 11.3 Å². The van der Waals surface area contributed by atoms with Crippen LogP contribution in [0.25, 0.3) is 5.57 Å². The number of aliphatic imine (C=N–C) groups is 1. The van der Waals surface area contributed by atoms with E-state index in [9.17, 15) is 13.2 Å². The summed E-state index contributed by atoms with van der Waals surface area (Å²) in [5.74, 6) is 0.546. The minimum Gasteiger partial charge on any atom is -0.477 e. The number of nitrogens with one attached hydrogen (secondary N) is 1. The molecule has 0 aromatic carbocycles. The summed E-state index contributed by atoms with van der Waals surface area (Å²) in [5, 5.41) is 0. The fourth-order valence-electron chi connectivity index (χ4n) is 3.95. The molecule has 1 amide bonds. The van der Waals surface area contributed by atoms with E-state index in [1.54, 1.807) is 19.2 Å². The van der Waals surface area contributed by atoms with Gasteiger partial charge in [0.2, 0.25) is 15.9 Å². The quantitative estimate of drug-likeness (QED) is 0.550. The molecule has 1 saturated carbocycles. The molecule has 4 aliphatic rings. The molecular formula is C21H26N4O5S2. The van der Waals surface area contributed by atoms with Gasteiger partial charge in [-0.15, -0.1) is 11.3 Å². The molecule has 9 nitrogen and oxygen atoms in total. The molecule has 11 heteroatoms. The van der Waals surface area contributed by atoms with Crippen molar-refractivity contribution in [3.63, 3.8) is 0 Å². The Labute approximate surface area is 191 Å². The zero-order valence-corrected chi connectivity index (χ0v) is 19.5. The number of epoxide rings is 1. The first-order valence-corrected chi connectivity index (χ1v) is 13.2. The second kappa shape index (κ2) is 7.98. The van der Waals surface area contributed by atoms with E-state index in [0.717, 1.165) is 34.4 Å². The minimum atomic E-state index is -3.41. The van der Waals surface area contributed by atoms with Crippen molar-refractivity contribution in [3.05, 3.63) is 39.0 Å². The highest BCUT2D eigenvalue weighted by molar-refractivity contribution is 7.89. The molecular weight excluding hydrogens is 452 g/mol. The molecule has 3 N–H and O–H groups in total. The van der Waals surface area contributed by atoms with Crippen LogP contribution in [0.3, 0.4) is 0 Å². The molecule has 32 heavy (non-hydrogen) atoms. The Morgan fingerprint density at radius 2 is 2.22 bits per heavy atom. The Balaban J connectivity index is 1.55. The number of allylic oxidation sites excluding steroid dienone is 1. The molecule has 1 aromatic rings. The molecule has 2 fully saturated rings. The standard InChI is InChI=1S/C21H26N4O5S2/c1-3-32(27,28)24-12-6-14(20(23-8-12)29-10-11-4-5-11)15-9-25(2)21-17(30-21)18-13(15)7-16(31-18)19(22)26/h7-9,11-12,17,21,24H,3-6,10H2,1-2H3,(H2,22,26). The van der Waals surface area contributed by atoms with E-state index in [2.05, 4.69) is 9.71 Å². The molecule has 172 valence electrons. The van der Waals surface area contributed by atoms with Crippen LogP contribution in [0.1, 0.15) is 52.4 Å². The van der Waals surface area contributed by atoms with Gasteiger partial charge in [-0.3, -0.25) is 4.79 Å². The molecule has 0 spiro atoms. The lowest BCUT2D eigenvalue weighted by Crippen LogP contribution is -2.38. The first-order valence-electron chi connectivity index (χ1n) is 10.7. The number of amides is 1. The molecule has 5 rings (SSSR count). The molecule has 0 radical (unpaired) electrons. The Morgan fingerprint density at radius 3 is 2.91 bits per heavy atom. The first-order chi connectivity index (χ1) is 15.3.